The van der Waals surface area contributed by atoms with Crippen LogP contribution < -0.4 is 5.32 Å². The summed E-state index contributed by atoms with van der Waals surface area (Å²) in [5.41, 5.74) is 1.88. The summed E-state index contributed by atoms with van der Waals surface area (Å²) in [5.74, 6) is 0. The Bertz CT molecular complexity index is 348. The van der Waals surface area contributed by atoms with Crippen molar-refractivity contribution < 1.29 is 0 Å². The van der Waals surface area contributed by atoms with Gasteiger partial charge < -0.3 is 5.32 Å². The SMILES string of the molecule is Cc1cc(CNC2(C)CCCCC2)c(C)s1. The van der Waals surface area contributed by atoms with Crippen LogP contribution in [0, 0.1) is 13.8 Å². The van der Waals surface area contributed by atoms with Crippen LogP contribution in [-0.2, 0) is 6.54 Å². The molecule has 1 aliphatic carbocycles. The second-order valence-electron chi connectivity index (χ2n) is 5.41. The van der Waals surface area contributed by atoms with E-state index in [1.54, 1.807) is 0 Å². The Morgan fingerprint density at radius 3 is 2.50 bits per heavy atom. The molecule has 0 aromatic carbocycles. The molecule has 2 rings (SSSR count). The van der Waals surface area contributed by atoms with Gasteiger partial charge >= 0.3 is 0 Å². The van der Waals surface area contributed by atoms with Gasteiger partial charge in [-0.2, -0.15) is 0 Å². The standard InChI is InChI=1S/C14H23NS/c1-11-9-13(12(2)16-11)10-15-14(3)7-5-4-6-8-14/h9,15H,4-8,10H2,1-3H3. The average Bonchev–Trinajstić information content (AvgIpc) is 2.56. The molecule has 1 aromatic rings. The molecule has 1 saturated carbocycles. The third kappa shape index (κ3) is 2.86. The first kappa shape index (κ1) is 12.1. The van der Waals surface area contributed by atoms with Crippen LogP contribution in [0.1, 0.15) is 54.3 Å². The summed E-state index contributed by atoms with van der Waals surface area (Å²) in [7, 11) is 0. The first-order valence-electron chi connectivity index (χ1n) is 6.40. The Morgan fingerprint density at radius 2 is 1.94 bits per heavy atom. The van der Waals surface area contributed by atoms with Crippen molar-refractivity contribution in [2.24, 2.45) is 0 Å². The summed E-state index contributed by atoms with van der Waals surface area (Å²) < 4.78 is 0. The summed E-state index contributed by atoms with van der Waals surface area (Å²) in [5, 5.41) is 3.78. The molecule has 0 saturated heterocycles. The molecule has 0 aliphatic heterocycles. The number of aryl methyl sites for hydroxylation is 2. The lowest BCUT2D eigenvalue weighted by atomic mass is 9.83. The van der Waals surface area contributed by atoms with E-state index >= 15 is 0 Å². The van der Waals surface area contributed by atoms with Gasteiger partial charge in [-0.15, -0.1) is 11.3 Å². The van der Waals surface area contributed by atoms with Gasteiger partial charge in [0, 0.05) is 21.8 Å². The van der Waals surface area contributed by atoms with E-state index in [1.165, 1.54) is 47.4 Å². The quantitative estimate of drug-likeness (QED) is 0.831. The van der Waals surface area contributed by atoms with E-state index in [2.05, 4.69) is 32.2 Å². The van der Waals surface area contributed by atoms with Crippen LogP contribution in [0.5, 0.6) is 0 Å². The third-order valence-corrected chi connectivity index (χ3v) is 4.81. The summed E-state index contributed by atoms with van der Waals surface area (Å²) in [6, 6.07) is 2.33. The lowest BCUT2D eigenvalue weighted by molar-refractivity contribution is 0.252. The molecule has 1 aromatic heterocycles. The molecule has 2 heteroatoms. The van der Waals surface area contributed by atoms with E-state index in [9.17, 15) is 0 Å². The van der Waals surface area contributed by atoms with E-state index in [0.717, 1.165) is 6.54 Å². The molecule has 90 valence electrons. The maximum Gasteiger partial charge on any atom is 0.0221 e. The van der Waals surface area contributed by atoms with Crippen molar-refractivity contribution in [3.8, 4) is 0 Å². The zero-order valence-corrected chi connectivity index (χ0v) is 11.5. The smallest absolute Gasteiger partial charge is 0.0221 e. The van der Waals surface area contributed by atoms with Gasteiger partial charge in [-0.25, -0.2) is 0 Å². The minimum atomic E-state index is 0.389. The van der Waals surface area contributed by atoms with Crippen molar-refractivity contribution in [1.29, 1.82) is 0 Å². The molecule has 1 nitrogen and oxygen atoms in total. The van der Waals surface area contributed by atoms with E-state index in [-0.39, 0.29) is 0 Å². The zero-order valence-electron chi connectivity index (χ0n) is 10.7. The number of hydrogen-bond donors (Lipinski definition) is 1. The highest BCUT2D eigenvalue weighted by atomic mass is 32.1. The fraction of sp³-hybridized carbons (Fsp3) is 0.714. The van der Waals surface area contributed by atoms with Gasteiger partial charge in [0.1, 0.15) is 0 Å². The highest BCUT2D eigenvalue weighted by Gasteiger charge is 2.25. The minimum absolute atomic E-state index is 0.389. The largest absolute Gasteiger partial charge is 0.307 e. The third-order valence-electron chi connectivity index (χ3n) is 3.81. The van der Waals surface area contributed by atoms with Gasteiger partial charge in [-0.1, -0.05) is 19.3 Å². The number of hydrogen-bond acceptors (Lipinski definition) is 2. The second-order valence-corrected chi connectivity index (χ2v) is 6.87. The van der Waals surface area contributed by atoms with E-state index in [4.69, 9.17) is 0 Å². The summed E-state index contributed by atoms with van der Waals surface area (Å²) in [6.07, 6.45) is 6.90. The van der Waals surface area contributed by atoms with Crippen molar-refractivity contribution in [3.05, 3.63) is 21.4 Å². The molecule has 1 fully saturated rings. The van der Waals surface area contributed by atoms with Crippen LogP contribution in [0.3, 0.4) is 0 Å². The fourth-order valence-corrected chi connectivity index (χ4v) is 3.62. The van der Waals surface area contributed by atoms with E-state index in [1.807, 2.05) is 11.3 Å². The van der Waals surface area contributed by atoms with Gasteiger partial charge in [0.05, 0.1) is 0 Å². The molecule has 0 spiro atoms. The molecule has 1 aliphatic rings. The molecule has 16 heavy (non-hydrogen) atoms. The van der Waals surface area contributed by atoms with E-state index < -0.39 is 0 Å². The molecule has 0 radical (unpaired) electrons. The molecule has 0 atom stereocenters. The first-order valence-corrected chi connectivity index (χ1v) is 7.22. The molecule has 0 bridgehead atoms. The Balaban J connectivity index is 1.93. The molecule has 0 amide bonds. The Morgan fingerprint density at radius 1 is 1.25 bits per heavy atom. The van der Waals surface area contributed by atoms with Gasteiger partial charge in [0.2, 0.25) is 0 Å². The van der Waals surface area contributed by atoms with Crippen LogP contribution in [0.4, 0.5) is 0 Å². The van der Waals surface area contributed by atoms with Crippen LogP contribution >= 0.6 is 11.3 Å². The van der Waals surface area contributed by atoms with Crippen molar-refractivity contribution in [2.45, 2.75) is 65.0 Å². The fourth-order valence-electron chi connectivity index (χ4n) is 2.68. The monoisotopic (exact) mass is 237 g/mol. The lowest BCUT2D eigenvalue weighted by Crippen LogP contribution is -2.43. The normalized spacial score (nSPS) is 19.9. The van der Waals surface area contributed by atoms with Crippen LogP contribution in [0.25, 0.3) is 0 Å². The first-order chi connectivity index (χ1) is 7.59. The Kier molecular flexibility index (Phi) is 3.70. The average molecular weight is 237 g/mol. The molecular weight excluding hydrogens is 214 g/mol. The Labute approximate surface area is 103 Å². The highest BCUT2D eigenvalue weighted by Crippen LogP contribution is 2.28. The zero-order chi connectivity index (χ0) is 11.6. The van der Waals surface area contributed by atoms with Crippen LogP contribution in [-0.4, -0.2) is 5.54 Å². The number of thiophene rings is 1. The molecule has 0 unspecified atom stereocenters. The van der Waals surface area contributed by atoms with Gasteiger partial charge in [-0.3, -0.25) is 0 Å². The minimum Gasteiger partial charge on any atom is -0.307 e. The molecule has 1 N–H and O–H groups in total. The highest BCUT2D eigenvalue weighted by molar-refractivity contribution is 7.12. The van der Waals surface area contributed by atoms with Gasteiger partial charge in [0.15, 0.2) is 0 Å². The number of nitrogens with one attached hydrogen (secondary N) is 1. The van der Waals surface area contributed by atoms with Crippen molar-refractivity contribution in [3.63, 3.8) is 0 Å². The van der Waals surface area contributed by atoms with Gasteiger partial charge in [0.25, 0.3) is 0 Å². The maximum absolute atomic E-state index is 3.78. The van der Waals surface area contributed by atoms with Crippen molar-refractivity contribution >= 4 is 11.3 Å². The summed E-state index contributed by atoms with van der Waals surface area (Å²) in [6.45, 7) is 7.87. The molecular formula is C14H23NS. The molecule has 1 heterocycles. The lowest BCUT2D eigenvalue weighted by Gasteiger charge is -2.34. The van der Waals surface area contributed by atoms with Crippen molar-refractivity contribution in [2.75, 3.05) is 0 Å². The van der Waals surface area contributed by atoms with Crippen LogP contribution in [0.15, 0.2) is 6.07 Å². The van der Waals surface area contributed by atoms with E-state index in [0.29, 0.717) is 5.54 Å². The maximum atomic E-state index is 3.78. The summed E-state index contributed by atoms with van der Waals surface area (Å²) >= 11 is 1.91. The number of rotatable bonds is 3. The predicted molar refractivity (Wildman–Crippen MR) is 72.1 cm³/mol. The Hall–Kier alpha value is -0.340. The van der Waals surface area contributed by atoms with Crippen LogP contribution in [0.2, 0.25) is 0 Å². The van der Waals surface area contributed by atoms with Crippen molar-refractivity contribution in [1.82, 2.24) is 5.32 Å². The second kappa shape index (κ2) is 4.89. The predicted octanol–water partition coefficient (Wildman–Crippen LogP) is 4.18. The van der Waals surface area contributed by atoms with Gasteiger partial charge in [-0.05, 0) is 45.2 Å². The topological polar surface area (TPSA) is 12.0 Å². The summed E-state index contributed by atoms with van der Waals surface area (Å²) in [4.78, 5) is 2.91.